The number of carbonyl (C=O) groups is 2. The average molecular weight is 530 g/mol. The molecule has 3 aromatic carbocycles. The summed E-state index contributed by atoms with van der Waals surface area (Å²) < 4.78 is 12.3. The molecule has 0 aliphatic carbocycles. The number of fused-ring (bicyclic) bond motifs is 1. The number of carbonyl (C=O) groups excluding carboxylic acids is 1. The van der Waals surface area contributed by atoms with E-state index in [1.807, 2.05) is 56.3 Å². The maximum Gasteiger partial charge on any atom is 0.323 e. The van der Waals surface area contributed by atoms with Crippen LogP contribution in [0.4, 0.5) is 0 Å². The lowest BCUT2D eigenvalue weighted by Gasteiger charge is -2.24. The molecule has 0 unspecified atom stereocenters. The average Bonchev–Trinajstić information content (AvgIpc) is 3.19. The van der Waals surface area contributed by atoms with Gasteiger partial charge in [0.2, 0.25) is 5.91 Å². The number of benzene rings is 3. The summed E-state index contributed by atoms with van der Waals surface area (Å²) in [6.45, 7) is 10.2. The van der Waals surface area contributed by atoms with Crippen molar-refractivity contribution in [1.82, 2.24) is 4.90 Å². The third kappa shape index (κ3) is 7.41. The molecule has 39 heavy (non-hydrogen) atoms. The molecule has 6 nitrogen and oxygen atoms in total. The maximum absolute atomic E-state index is 13.3. The van der Waals surface area contributed by atoms with Crippen LogP contribution in [0, 0.1) is 0 Å². The highest BCUT2D eigenvalue weighted by atomic mass is 16.5. The topological polar surface area (TPSA) is 76.1 Å². The smallest absolute Gasteiger partial charge is 0.323 e. The van der Waals surface area contributed by atoms with Gasteiger partial charge >= 0.3 is 5.97 Å². The van der Waals surface area contributed by atoms with Crippen molar-refractivity contribution in [2.75, 3.05) is 6.54 Å². The Balaban J connectivity index is 1.45. The predicted molar refractivity (Wildman–Crippen MR) is 152 cm³/mol. The monoisotopic (exact) mass is 529 g/mol. The van der Waals surface area contributed by atoms with Crippen LogP contribution in [0.25, 0.3) is 0 Å². The molecule has 0 bridgehead atoms. The van der Waals surface area contributed by atoms with Gasteiger partial charge in [0.25, 0.3) is 0 Å². The van der Waals surface area contributed by atoms with Gasteiger partial charge in [-0.3, -0.25) is 9.59 Å². The predicted octanol–water partition coefficient (Wildman–Crippen LogP) is 6.19. The zero-order valence-electron chi connectivity index (χ0n) is 23.6. The second kappa shape index (κ2) is 11.9. The number of rotatable bonds is 11. The van der Waals surface area contributed by atoms with E-state index in [0.29, 0.717) is 11.7 Å². The van der Waals surface area contributed by atoms with Gasteiger partial charge in [-0.1, -0.05) is 68.4 Å². The number of nitrogens with zero attached hydrogens (tertiary/aromatic N) is 1. The normalized spacial score (nSPS) is 16.2. The number of aliphatic carboxylic acids is 1. The Morgan fingerprint density at radius 2 is 1.69 bits per heavy atom. The van der Waals surface area contributed by atoms with Gasteiger partial charge in [-0.2, -0.15) is 0 Å². The first kappa shape index (κ1) is 28.2. The summed E-state index contributed by atoms with van der Waals surface area (Å²) in [5.41, 5.74) is 4.88. The number of amides is 1. The van der Waals surface area contributed by atoms with Crippen LogP contribution in [0.1, 0.15) is 68.4 Å². The molecule has 1 atom stereocenters. The molecular formula is C33H39NO5. The molecule has 0 saturated heterocycles. The van der Waals surface area contributed by atoms with Gasteiger partial charge in [-0.05, 0) is 61.1 Å². The van der Waals surface area contributed by atoms with Crippen molar-refractivity contribution in [2.24, 2.45) is 0 Å². The fraction of sp³-hybridized carbons (Fsp3) is 0.394. The number of ether oxygens (including phenoxy) is 2. The van der Waals surface area contributed by atoms with Crippen molar-refractivity contribution in [3.63, 3.8) is 0 Å². The van der Waals surface area contributed by atoms with E-state index in [1.54, 1.807) is 0 Å². The molecule has 3 aromatic rings. The minimum Gasteiger partial charge on any atom is -0.491 e. The first-order valence-corrected chi connectivity index (χ1v) is 13.6. The molecular weight excluding hydrogens is 490 g/mol. The van der Waals surface area contributed by atoms with E-state index in [-0.39, 0.29) is 37.1 Å². The SMILES string of the molecule is CC(C)Oc1ccccc1CN(CC(=O)O)C(=O)Cc1ccc2c(c1)C[C@](C)(Cc1ccc(C(C)C)cc1)O2. The molecule has 206 valence electrons. The quantitative estimate of drug-likeness (QED) is 0.321. The van der Waals surface area contributed by atoms with Crippen LogP contribution < -0.4 is 9.47 Å². The lowest BCUT2D eigenvalue weighted by atomic mass is 9.90. The van der Waals surface area contributed by atoms with E-state index < -0.39 is 5.97 Å². The molecule has 0 radical (unpaired) electrons. The van der Waals surface area contributed by atoms with Gasteiger partial charge in [0, 0.05) is 24.9 Å². The Kier molecular flexibility index (Phi) is 8.63. The van der Waals surface area contributed by atoms with Crippen LogP contribution in [-0.2, 0) is 35.4 Å². The van der Waals surface area contributed by atoms with Crippen molar-refractivity contribution < 1.29 is 24.2 Å². The minimum atomic E-state index is -1.05. The fourth-order valence-corrected chi connectivity index (χ4v) is 5.13. The Labute approximate surface area is 231 Å². The van der Waals surface area contributed by atoms with Gasteiger partial charge < -0.3 is 19.5 Å². The van der Waals surface area contributed by atoms with E-state index >= 15 is 0 Å². The summed E-state index contributed by atoms with van der Waals surface area (Å²) in [4.78, 5) is 26.3. The number of para-hydroxylation sites is 1. The third-order valence-corrected chi connectivity index (χ3v) is 7.00. The van der Waals surface area contributed by atoms with Gasteiger partial charge in [-0.15, -0.1) is 0 Å². The molecule has 0 fully saturated rings. The Morgan fingerprint density at radius 1 is 1.00 bits per heavy atom. The highest BCUT2D eigenvalue weighted by Gasteiger charge is 2.35. The van der Waals surface area contributed by atoms with Crippen LogP contribution in [0.2, 0.25) is 0 Å². The van der Waals surface area contributed by atoms with Crippen molar-refractivity contribution >= 4 is 11.9 Å². The summed E-state index contributed by atoms with van der Waals surface area (Å²) in [7, 11) is 0. The van der Waals surface area contributed by atoms with Crippen LogP contribution >= 0.6 is 0 Å². The first-order valence-electron chi connectivity index (χ1n) is 13.6. The van der Waals surface area contributed by atoms with Gasteiger partial charge in [0.15, 0.2) is 0 Å². The number of carboxylic acid groups (broad SMARTS) is 1. The van der Waals surface area contributed by atoms with Crippen molar-refractivity contribution in [3.05, 3.63) is 94.5 Å². The molecule has 4 rings (SSSR count). The van der Waals surface area contributed by atoms with Gasteiger partial charge in [-0.25, -0.2) is 0 Å². The lowest BCUT2D eigenvalue weighted by molar-refractivity contribution is -0.144. The molecule has 0 aromatic heterocycles. The van der Waals surface area contributed by atoms with Gasteiger partial charge in [0.1, 0.15) is 23.6 Å². The van der Waals surface area contributed by atoms with E-state index in [4.69, 9.17) is 9.47 Å². The standard InChI is InChI=1S/C33H39NO5/c1-22(2)26-13-10-24(11-14-26)18-33(5)19-28-16-25(12-15-30(28)39-33)17-31(35)34(21-32(36)37)20-27-8-6-7-9-29(27)38-23(3)4/h6-16,22-23H,17-21H2,1-5H3,(H,36,37)/t33-/m0/s1. The van der Waals surface area contributed by atoms with E-state index in [0.717, 1.165) is 35.3 Å². The third-order valence-electron chi connectivity index (χ3n) is 7.00. The Hall–Kier alpha value is -3.80. The minimum absolute atomic E-state index is 0.0338. The van der Waals surface area contributed by atoms with Crippen molar-refractivity contribution in [1.29, 1.82) is 0 Å². The highest BCUT2D eigenvalue weighted by molar-refractivity contribution is 5.83. The van der Waals surface area contributed by atoms with Crippen molar-refractivity contribution in [3.8, 4) is 11.5 Å². The molecule has 1 aliphatic rings. The molecule has 0 saturated carbocycles. The summed E-state index contributed by atoms with van der Waals surface area (Å²) in [5.74, 6) is 0.698. The van der Waals surface area contributed by atoms with E-state index in [2.05, 4.69) is 45.0 Å². The second-order valence-electron chi connectivity index (χ2n) is 11.3. The summed E-state index contributed by atoms with van der Waals surface area (Å²) >= 11 is 0. The van der Waals surface area contributed by atoms with Crippen molar-refractivity contribution in [2.45, 2.75) is 78.0 Å². The number of hydrogen-bond donors (Lipinski definition) is 1. The highest BCUT2D eigenvalue weighted by Crippen LogP contribution is 2.38. The molecule has 1 N–H and O–H groups in total. The largest absolute Gasteiger partial charge is 0.491 e. The van der Waals surface area contributed by atoms with Crippen LogP contribution in [0.15, 0.2) is 66.7 Å². The van der Waals surface area contributed by atoms with Crippen LogP contribution in [-0.4, -0.2) is 40.1 Å². The number of hydrogen-bond acceptors (Lipinski definition) is 4. The zero-order valence-corrected chi connectivity index (χ0v) is 23.6. The molecule has 1 heterocycles. The van der Waals surface area contributed by atoms with Crippen LogP contribution in [0.5, 0.6) is 11.5 Å². The van der Waals surface area contributed by atoms with Gasteiger partial charge in [0.05, 0.1) is 12.5 Å². The summed E-state index contributed by atoms with van der Waals surface area (Å²) in [5, 5.41) is 9.50. The summed E-state index contributed by atoms with van der Waals surface area (Å²) in [6, 6.07) is 22.0. The van der Waals surface area contributed by atoms with E-state index in [1.165, 1.54) is 16.0 Å². The maximum atomic E-state index is 13.3. The molecule has 1 aliphatic heterocycles. The summed E-state index contributed by atoms with van der Waals surface area (Å²) in [6.07, 6.45) is 1.61. The molecule has 1 amide bonds. The lowest BCUT2D eigenvalue weighted by Crippen LogP contribution is -2.36. The Morgan fingerprint density at radius 3 is 2.36 bits per heavy atom. The second-order valence-corrected chi connectivity index (χ2v) is 11.3. The molecule has 6 heteroatoms. The molecule has 0 spiro atoms. The van der Waals surface area contributed by atoms with E-state index in [9.17, 15) is 14.7 Å². The first-order chi connectivity index (χ1) is 18.5. The Bertz CT molecular complexity index is 1310. The zero-order chi connectivity index (χ0) is 28.2. The number of carboxylic acids is 1. The fourth-order valence-electron chi connectivity index (χ4n) is 5.13. The van der Waals surface area contributed by atoms with Crippen LogP contribution in [0.3, 0.4) is 0 Å².